The maximum absolute atomic E-state index is 13.5. The normalized spacial score (nSPS) is 12.1. The van der Waals surface area contributed by atoms with Gasteiger partial charge >= 0.3 is 0 Å². The van der Waals surface area contributed by atoms with Crippen molar-refractivity contribution in [2.45, 2.75) is 16.2 Å². The average molecular weight is 305 g/mol. The van der Waals surface area contributed by atoms with Gasteiger partial charge in [-0.1, -0.05) is 0 Å². The Kier molecular flexibility index (Phi) is 4.68. The lowest BCUT2D eigenvalue weighted by Crippen LogP contribution is -2.25. The lowest BCUT2D eigenvalue weighted by Gasteiger charge is -2.08. The number of rotatable bonds is 5. The number of nitrogens with one attached hydrogen (secondary N) is 1. The Morgan fingerprint density at radius 3 is 2.47 bits per heavy atom. The summed E-state index contributed by atoms with van der Waals surface area (Å²) in [6.45, 7) is -0.0542. The highest BCUT2D eigenvalue weighted by Gasteiger charge is 2.21. The van der Waals surface area contributed by atoms with Crippen molar-refractivity contribution in [2.24, 2.45) is 0 Å². The molecule has 0 heterocycles. The van der Waals surface area contributed by atoms with Crippen molar-refractivity contribution in [3.05, 3.63) is 24.0 Å². The van der Waals surface area contributed by atoms with Gasteiger partial charge in [-0.3, -0.25) is 0 Å². The predicted molar refractivity (Wildman–Crippen MR) is 68.1 cm³/mol. The van der Waals surface area contributed by atoms with E-state index in [-0.39, 0.29) is 17.9 Å². The molecule has 0 bridgehead atoms. The summed E-state index contributed by atoms with van der Waals surface area (Å²) in [5.74, 6) is 1.20. The second-order valence-electron chi connectivity index (χ2n) is 3.72. The van der Waals surface area contributed by atoms with Gasteiger partial charge in [-0.15, -0.1) is 12.3 Å². The van der Waals surface area contributed by atoms with Crippen LogP contribution in [0.3, 0.4) is 0 Å². The summed E-state index contributed by atoms with van der Waals surface area (Å²) < 4.78 is 61.8. The van der Waals surface area contributed by atoms with Crippen LogP contribution in [0, 0.1) is 18.2 Å². The molecule has 0 aliphatic carbocycles. The number of sulfone groups is 1. The smallest absolute Gasteiger partial charge is 0.224 e. The molecule has 5 nitrogen and oxygen atoms in total. The molecule has 0 aliphatic heterocycles. The first kappa shape index (κ1) is 15.6. The first-order valence-electron chi connectivity index (χ1n) is 5.11. The van der Waals surface area contributed by atoms with Crippen LogP contribution in [0.1, 0.15) is 6.42 Å². The topological polar surface area (TPSA) is 80.3 Å². The minimum atomic E-state index is -4.13. The Morgan fingerprint density at radius 1 is 1.32 bits per heavy atom. The molecule has 0 unspecified atom stereocenters. The summed E-state index contributed by atoms with van der Waals surface area (Å²) in [5, 5.41) is 0. The van der Waals surface area contributed by atoms with E-state index in [2.05, 4.69) is 10.6 Å². The predicted octanol–water partition coefficient (Wildman–Crippen LogP) is 0.531. The van der Waals surface area contributed by atoms with Crippen molar-refractivity contribution in [3.63, 3.8) is 0 Å². The Labute approximate surface area is 111 Å². The molecular formula is C11H12FNO4S2. The van der Waals surface area contributed by atoms with Gasteiger partial charge in [-0.05, 0) is 18.2 Å². The van der Waals surface area contributed by atoms with Gasteiger partial charge in [0, 0.05) is 19.2 Å². The van der Waals surface area contributed by atoms with Crippen molar-refractivity contribution in [2.75, 3.05) is 12.8 Å². The summed E-state index contributed by atoms with van der Waals surface area (Å²) in [5.41, 5.74) is 0. The molecular weight excluding hydrogens is 293 g/mol. The van der Waals surface area contributed by atoms with Gasteiger partial charge in [0.25, 0.3) is 0 Å². The number of halogens is 1. The van der Waals surface area contributed by atoms with Gasteiger partial charge in [-0.2, -0.15) is 0 Å². The third kappa shape index (κ3) is 4.02. The van der Waals surface area contributed by atoms with Gasteiger partial charge in [0.05, 0.1) is 4.90 Å². The standard InChI is InChI=1S/C11H12FNO4S2/c1-3-4-7-13-19(16,17)11-8-9(18(2,14)15)5-6-10(11)12/h1,5-6,8,13H,4,7H2,2H3. The van der Waals surface area contributed by atoms with Gasteiger partial charge in [0.15, 0.2) is 9.84 Å². The first-order valence-corrected chi connectivity index (χ1v) is 8.48. The van der Waals surface area contributed by atoms with Crippen LogP contribution in [0.5, 0.6) is 0 Å². The summed E-state index contributed by atoms with van der Waals surface area (Å²) in [4.78, 5) is -0.987. The minimum absolute atomic E-state index is 0.0542. The largest absolute Gasteiger partial charge is 0.243 e. The van der Waals surface area contributed by atoms with Crippen molar-refractivity contribution >= 4 is 19.9 Å². The number of sulfonamides is 1. The molecule has 1 rings (SSSR count). The number of hydrogen-bond donors (Lipinski definition) is 1. The van der Waals surface area contributed by atoms with E-state index in [0.717, 1.165) is 24.5 Å². The highest BCUT2D eigenvalue weighted by atomic mass is 32.2. The van der Waals surface area contributed by atoms with E-state index in [1.54, 1.807) is 0 Å². The fourth-order valence-corrected chi connectivity index (χ4v) is 3.11. The van der Waals surface area contributed by atoms with Gasteiger partial charge in [0.1, 0.15) is 10.7 Å². The van der Waals surface area contributed by atoms with Crippen LogP contribution < -0.4 is 4.72 Å². The van der Waals surface area contributed by atoms with Crippen LogP contribution in [0.2, 0.25) is 0 Å². The number of terminal acetylenes is 1. The third-order valence-electron chi connectivity index (χ3n) is 2.18. The monoisotopic (exact) mass is 305 g/mol. The summed E-state index contributed by atoms with van der Waals surface area (Å²) in [6, 6.07) is 2.58. The average Bonchev–Trinajstić information content (AvgIpc) is 2.27. The molecule has 0 radical (unpaired) electrons. The van der Waals surface area contributed by atoms with Gasteiger partial charge in [-0.25, -0.2) is 25.9 Å². The third-order valence-corrected chi connectivity index (χ3v) is 4.77. The lowest BCUT2D eigenvalue weighted by molar-refractivity contribution is 0.555. The van der Waals surface area contributed by atoms with E-state index in [0.29, 0.717) is 0 Å². The van der Waals surface area contributed by atoms with Crippen LogP contribution in [0.4, 0.5) is 4.39 Å². The van der Waals surface area contributed by atoms with Crippen LogP contribution >= 0.6 is 0 Å². The Bertz CT molecular complexity index is 718. The van der Waals surface area contributed by atoms with Crippen LogP contribution in [-0.4, -0.2) is 29.6 Å². The van der Waals surface area contributed by atoms with Crippen LogP contribution in [0.15, 0.2) is 28.0 Å². The quantitative estimate of drug-likeness (QED) is 0.489. The zero-order valence-electron chi connectivity index (χ0n) is 10.1. The van der Waals surface area contributed by atoms with E-state index in [1.807, 2.05) is 0 Å². The van der Waals surface area contributed by atoms with E-state index in [1.165, 1.54) is 0 Å². The van der Waals surface area contributed by atoms with Crippen molar-refractivity contribution in [1.29, 1.82) is 0 Å². The summed E-state index contributed by atoms with van der Waals surface area (Å²) in [7, 11) is -7.75. The molecule has 104 valence electrons. The maximum atomic E-state index is 13.5. The second kappa shape index (κ2) is 5.69. The highest BCUT2D eigenvalue weighted by molar-refractivity contribution is 7.91. The van der Waals surface area contributed by atoms with Gasteiger partial charge < -0.3 is 0 Å². The molecule has 0 atom stereocenters. The molecule has 0 saturated heterocycles. The van der Waals surface area contributed by atoms with E-state index in [4.69, 9.17) is 6.42 Å². The molecule has 19 heavy (non-hydrogen) atoms. The van der Waals surface area contributed by atoms with Crippen LogP contribution in [0.25, 0.3) is 0 Å². The molecule has 1 aromatic rings. The molecule has 1 aromatic carbocycles. The summed E-state index contributed by atoms with van der Waals surface area (Å²) in [6.07, 6.45) is 6.02. The highest BCUT2D eigenvalue weighted by Crippen LogP contribution is 2.19. The number of benzene rings is 1. The molecule has 0 aliphatic rings. The molecule has 0 fully saturated rings. The molecule has 8 heteroatoms. The van der Waals surface area contributed by atoms with E-state index in [9.17, 15) is 21.2 Å². The zero-order chi connectivity index (χ0) is 14.7. The molecule has 1 N–H and O–H groups in total. The second-order valence-corrected chi connectivity index (χ2v) is 7.47. The first-order chi connectivity index (χ1) is 8.68. The molecule has 0 spiro atoms. The van der Waals surface area contributed by atoms with Crippen molar-refractivity contribution < 1.29 is 21.2 Å². The molecule has 0 saturated carbocycles. The lowest BCUT2D eigenvalue weighted by atomic mass is 10.3. The maximum Gasteiger partial charge on any atom is 0.243 e. The fraction of sp³-hybridized carbons (Fsp3) is 0.273. The summed E-state index contributed by atoms with van der Waals surface area (Å²) >= 11 is 0. The SMILES string of the molecule is C#CCCNS(=O)(=O)c1cc(S(C)(=O)=O)ccc1F. The zero-order valence-corrected chi connectivity index (χ0v) is 11.7. The van der Waals surface area contributed by atoms with E-state index >= 15 is 0 Å². The van der Waals surface area contributed by atoms with E-state index < -0.39 is 30.6 Å². The Morgan fingerprint density at radius 2 is 1.95 bits per heavy atom. The molecule has 0 aromatic heterocycles. The van der Waals surface area contributed by atoms with Crippen molar-refractivity contribution in [1.82, 2.24) is 4.72 Å². The van der Waals surface area contributed by atoms with Gasteiger partial charge in [0.2, 0.25) is 10.0 Å². The Balaban J connectivity index is 3.24. The Hall–Kier alpha value is -1.43. The van der Waals surface area contributed by atoms with Crippen LogP contribution in [-0.2, 0) is 19.9 Å². The van der Waals surface area contributed by atoms with Crippen molar-refractivity contribution in [3.8, 4) is 12.3 Å². The minimum Gasteiger partial charge on any atom is -0.224 e. The number of hydrogen-bond acceptors (Lipinski definition) is 4. The fourth-order valence-electron chi connectivity index (χ4n) is 1.26. The molecule has 0 amide bonds.